The Kier molecular flexibility index (Phi) is 2.36. The average molecular weight is 176 g/mol. The van der Waals surface area contributed by atoms with Crippen molar-refractivity contribution in [2.75, 3.05) is 6.61 Å². The molecule has 0 radical (unpaired) electrons. The van der Waals surface area contributed by atoms with Crippen LogP contribution in [0.2, 0.25) is 0 Å². The largest absolute Gasteiger partial charge is 0.396 e. The van der Waals surface area contributed by atoms with E-state index < -0.39 is 0 Å². The summed E-state index contributed by atoms with van der Waals surface area (Å²) in [6, 6.07) is 8.60. The number of hydrogen-bond donors (Lipinski definition) is 1. The number of benzene rings is 1. The van der Waals surface area contributed by atoms with Crippen LogP contribution in [0, 0.1) is 5.92 Å². The summed E-state index contributed by atoms with van der Waals surface area (Å²) in [4.78, 5) is 0. The summed E-state index contributed by atoms with van der Waals surface area (Å²) in [6.45, 7) is 2.54. The minimum Gasteiger partial charge on any atom is -0.396 e. The molecule has 0 bridgehead atoms. The van der Waals surface area contributed by atoms with Gasteiger partial charge in [0.25, 0.3) is 0 Å². The fraction of sp³-hybridized carbons (Fsp3) is 0.500. The Hall–Kier alpha value is -0.820. The molecule has 0 spiro atoms. The second-order valence-electron chi connectivity index (χ2n) is 3.84. The third-order valence-corrected chi connectivity index (χ3v) is 2.99. The number of aliphatic hydroxyl groups excluding tert-OH is 1. The van der Waals surface area contributed by atoms with Gasteiger partial charge in [0, 0.05) is 6.61 Å². The topological polar surface area (TPSA) is 20.2 Å². The fourth-order valence-corrected chi connectivity index (χ4v) is 2.05. The van der Waals surface area contributed by atoms with Crippen molar-refractivity contribution in [1.29, 1.82) is 0 Å². The van der Waals surface area contributed by atoms with Crippen molar-refractivity contribution < 1.29 is 5.11 Å². The molecule has 1 aromatic carbocycles. The van der Waals surface area contributed by atoms with Crippen LogP contribution in [0.5, 0.6) is 0 Å². The summed E-state index contributed by atoms with van der Waals surface area (Å²) in [5.74, 6) is 1.17. The van der Waals surface area contributed by atoms with Crippen LogP contribution >= 0.6 is 0 Å². The molecule has 1 fully saturated rings. The van der Waals surface area contributed by atoms with E-state index in [2.05, 4.69) is 31.2 Å². The summed E-state index contributed by atoms with van der Waals surface area (Å²) < 4.78 is 0. The molecule has 0 heterocycles. The smallest absolute Gasteiger partial charge is 0.0465 e. The van der Waals surface area contributed by atoms with Gasteiger partial charge in [-0.05, 0) is 35.8 Å². The van der Waals surface area contributed by atoms with E-state index in [1.807, 2.05) is 0 Å². The molecule has 2 rings (SSSR count). The van der Waals surface area contributed by atoms with Crippen molar-refractivity contribution in [1.82, 2.24) is 0 Å². The Morgan fingerprint density at radius 3 is 2.77 bits per heavy atom. The molecule has 1 heteroatoms. The molecule has 2 atom stereocenters. The Morgan fingerprint density at radius 2 is 2.15 bits per heavy atom. The van der Waals surface area contributed by atoms with Crippen LogP contribution in [0.25, 0.3) is 0 Å². The van der Waals surface area contributed by atoms with E-state index in [0.29, 0.717) is 18.4 Å². The molecule has 0 aromatic heterocycles. The zero-order valence-corrected chi connectivity index (χ0v) is 8.03. The van der Waals surface area contributed by atoms with Gasteiger partial charge in [0.05, 0.1) is 0 Å². The predicted molar refractivity (Wildman–Crippen MR) is 53.8 cm³/mol. The quantitative estimate of drug-likeness (QED) is 0.749. The average Bonchev–Trinajstić information content (AvgIpc) is 2.96. The molecule has 0 amide bonds. The van der Waals surface area contributed by atoms with Gasteiger partial charge in [0.1, 0.15) is 0 Å². The third-order valence-electron chi connectivity index (χ3n) is 2.99. The van der Waals surface area contributed by atoms with Crippen LogP contribution in [0.3, 0.4) is 0 Å². The van der Waals surface area contributed by atoms with E-state index in [4.69, 9.17) is 5.11 Å². The van der Waals surface area contributed by atoms with Gasteiger partial charge in [-0.2, -0.15) is 0 Å². The molecule has 13 heavy (non-hydrogen) atoms. The van der Waals surface area contributed by atoms with Gasteiger partial charge < -0.3 is 5.11 Å². The molecule has 1 aliphatic carbocycles. The molecular formula is C12H16O. The van der Waals surface area contributed by atoms with Gasteiger partial charge in [-0.3, -0.25) is 0 Å². The maximum Gasteiger partial charge on any atom is 0.0465 e. The van der Waals surface area contributed by atoms with E-state index in [1.165, 1.54) is 17.5 Å². The summed E-state index contributed by atoms with van der Waals surface area (Å²) in [5, 5.41) is 9.00. The lowest BCUT2D eigenvalue weighted by Crippen LogP contribution is -1.93. The standard InChI is InChI=1S/C12H16O/c1-2-9-5-3-4-6-11(9)12-7-10(12)8-13/h3-6,10,12-13H,2,7-8H2,1H3/t10-,12-/m1/s1. The summed E-state index contributed by atoms with van der Waals surface area (Å²) in [7, 11) is 0. The molecule has 70 valence electrons. The van der Waals surface area contributed by atoms with Gasteiger partial charge in [-0.1, -0.05) is 31.2 Å². The highest BCUT2D eigenvalue weighted by Gasteiger charge is 2.38. The van der Waals surface area contributed by atoms with Gasteiger partial charge in [0.2, 0.25) is 0 Å². The predicted octanol–water partition coefficient (Wildman–Crippen LogP) is 2.34. The second kappa shape index (κ2) is 3.51. The monoisotopic (exact) mass is 176 g/mol. The Labute approximate surface area is 79.4 Å². The van der Waals surface area contributed by atoms with Crippen LogP contribution < -0.4 is 0 Å². The second-order valence-corrected chi connectivity index (χ2v) is 3.84. The third kappa shape index (κ3) is 1.61. The molecule has 1 saturated carbocycles. The molecule has 1 aromatic rings. The first-order chi connectivity index (χ1) is 6.36. The normalized spacial score (nSPS) is 26.0. The van der Waals surface area contributed by atoms with Crippen LogP contribution in [0.4, 0.5) is 0 Å². The van der Waals surface area contributed by atoms with Crippen LogP contribution in [-0.4, -0.2) is 11.7 Å². The maximum atomic E-state index is 9.00. The van der Waals surface area contributed by atoms with Gasteiger partial charge in [0.15, 0.2) is 0 Å². The van der Waals surface area contributed by atoms with Crippen molar-refractivity contribution in [2.24, 2.45) is 5.92 Å². The van der Waals surface area contributed by atoms with E-state index in [-0.39, 0.29) is 0 Å². The minimum atomic E-state index is 0.350. The molecule has 1 N–H and O–H groups in total. The van der Waals surface area contributed by atoms with Crippen LogP contribution in [0.1, 0.15) is 30.4 Å². The minimum absolute atomic E-state index is 0.350. The summed E-state index contributed by atoms with van der Waals surface area (Å²) in [6.07, 6.45) is 2.28. The van der Waals surface area contributed by atoms with Crippen molar-refractivity contribution in [3.63, 3.8) is 0 Å². The van der Waals surface area contributed by atoms with E-state index in [0.717, 1.165) is 6.42 Å². The van der Waals surface area contributed by atoms with Gasteiger partial charge in [-0.15, -0.1) is 0 Å². The van der Waals surface area contributed by atoms with Crippen LogP contribution in [0.15, 0.2) is 24.3 Å². The Bertz CT molecular complexity index is 293. The first-order valence-electron chi connectivity index (χ1n) is 5.05. The van der Waals surface area contributed by atoms with Crippen molar-refractivity contribution in [3.05, 3.63) is 35.4 Å². The zero-order chi connectivity index (χ0) is 9.26. The van der Waals surface area contributed by atoms with Crippen molar-refractivity contribution in [3.8, 4) is 0 Å². The molecule has 1 aliphatic rings. The summed E-state index contributed by atoms with van der Waals surface area (Å²) >= 11 is 0. The molecular weight excluding hydrogens is 160 g/mol. The maximum absolute atomic E-state index is 9.00. The molecule has 0 saturated heterocycles. The number of aryl methyl sites for hydroxylation is 1. The Balaban J connectivity index is 2.20. The van der Waals surface area contributed by atoms with Crippen molar-refractivity contribution >= 4 is 0 Å². The van der Waals surface area contributed by atoms with E-state index >= 15 is 0 Å². The number of rotatable bonds is 3. The number of hydrogen-bond acceptors (Lipinski definition) is 1. The highest BCUT2D eigenvalue weighted by atomic mass is 16.3. The first kappa shape index (κ1) is 8.76. The molecule has 1 nitrogen and oxygen atoms in total. The zero-order valence-electron chi connectivity index (χ0n) is 8.03. The lowest BCUT2D eigenvalue weighted by atomic mass is 10.0. The van der Waals surface area contributed by atoms with E-state index in [1.54, 1.807) is 0 Å². The molecule has 0 aliphatic heterocycles. The first-order valence-corrected chi connectivity index (χ1v) is 5.05. The van der Waals surface area contributed by atoms with E-state index in [9.17, 15) is 0 Å². The Morgan fingerprint density at radius 1 is 1.38 bits per heavy atom. The fourth-order valence-electron chi connectivity index (χ4n) is 2.05. The lowest BCUT2D eigenvalue weighted by Gasteiger charge is -2.05. The van der Waals surface area contributed by atoms with Crippen molar-refractivity contribution in [2.45, 2.75) is 25.7 Å². The number of aliphatic hydroxyl groups is 1. The van der Waals surface area contributed by atoms with Gasteiger partial charge >= 0.3 is 0 Å². The summed E-state index contributed by atoms with van der Waals surface area (Å²) in [5.41, 5.74) is 2.91. The van der Waals surface area contributed by atoms with Gasteiger partial charge in [-0.25, -0.2) is 0 Å². The highest BCUT2D eigenvalue weighted by molar-refractivity contribution is 5.34. The van der Waals surface area contributed by atoms with Crippen LogP contribution in [-0.2, 0) is 6.42 Å². The molecule has 0 unspecified atom stereocenters. The highest BCUT2D eigenvalue weighted by Crippen LogP contribution is 2.48. The SMILES string of the molecule is CCc1ccccc1[C@@H]1C[C@@H]1CO. The lowest BCUT2D eigenvalue weighted by molar-refractivity contribution is 0.274.